The molecule has 0 atom stereocenters. The molecule has 0 amide bonds. The Hall–Kier alpha value is -2.90. The monoisotopic (exact) mass is 385 g/mol. The van der Waals surface area contributed by atoms with Crippen molar-refractivity contribution in [2.75, 3.05) is 13.1 Å². The van der Waals surface area contributed by atoms with E-state index in [1.165, 1.54) is 0 Å². The number of hydrogen-bond donors (Lipinski definition) is 0. The number of ether oxygens (including phenoxy) is 1. The Morgan fingerprint density at radius 2 is 1.86 bits per heavy atom. The molecule has 1 fully saturated rings. The van der Waals surface area contributed by atoms with Crippen molar-refractivity contribution < 1.29 is 4.74 Å². The van der Waals surface area contributed by atoms with E-state index in [-0.39, 0.29) is 11.6 Å². The molecule has 4 nitrogen and oxygen atoms in total. The molecule has 0 N–H and O–H groups in total. The van der Waals surface area contributed by atoms with E-state index in [2.05, 4.69) is 48.9 Å². The summed E-state index contributed by atoms with van der Waals surface area (Å²) in [5, 5.41) is 11.4. The van der Waals surface area contributed by atoms with E-state index in [9.17, 15) is 5.26 Å². The van der Waals surface area contributed by atoms with Gasteiger partial charge in [-0.15, -0.1) is 0 Å². The van der Waals surface area contributed by atoms with Crippen molar-refractivity contribution in [1.82, 2.24) is 9.88 Å². The molecule has 1 aromatic heterocycles. The van der Waals surface area contributed by atoms with Gasteiger partial charge in [0.25, 0.3) is 0 Å². The number of piperidine rings is 1. The Morgan fingerprint density at radius 3 is 2.59 bits per heavy atom. The van der Waals surface area contributed by atoms with Gasteiger partial charge in [-0.25, -0.2) is 0 Å². The molecule has 2 aromatic carbocycles. The molecule has 148 valence electrons. The van der Waals surface area contributed by atoms with Gasteiger partial charge < -0.3 is 4.74 Å². The standard InChI is InChI=1S/C25H27N3O/c1-25(2,3)28-11-8-22(9-12-28)29-24-15-21(14-20-7-10-27-17-23(20)24)19-6-4-5-18(13-19)16-26/h4-7,10,13-15,17,22H,8-9,11-12H2,1-3H3. The average molecular weight is 386 g/mol. The number of likely N-dealkylation sites (tertiary alicyclic amines) is 1. The maximum absolute atomic E-state index is 9.24. The summed E-state index contributed by atoms with van der Waals surface area (Å²) >= 11 is 0. The van der Waals surface area contributed by atoms with Crippen molar-refractivity contribution >= 4 is 10.8 Å². The predicted octanol–water partition coefficient (Wildman–Crippen LogP) is 5.42. The summed E-state index contributed by atoms with van der Waals surface area (Å²) in [5.74, 6) is 0.877. The third-order valence-corrected chi connectivity index (χ3v) is 5.73. The number of pyridine rings is 1. The second-order valence-corrected chi connectivity index (χ2v) is 8.74. The summed E-state index contributed by atoms with van der Waals surface area (Å²) in [4.78, 5) is 6.83. The molecule has 29 heavy (non-hydrogen) atoms. The van der Waals surface area contributed by atoms with E-state index in [1.807, 2.05) is 42.7 Å². The van der Waals surface area contributed by atoms with Crippen LogP contribution in [0.4, 0.5) is 0 Å². The van der Waals surface area contributed by atoms with E-state index in [0.717, 1.165) is 53.6 Å². The molecule has 4 heteroatoms. The first-order valence-corrected chi connectivity index (χ1v) is 10.2. The van der Waals surface area contributed by atoms with Gasteiger partial charge in [-0.1, -0.05) is 12.1 Å². The highest BCUT2D eigenvalue weighted by Crippen LogP contribution is 2.34. The number of rotatable bonds is 3. The highest BCUT2D eigenvalue weighted by Gasteiger charge is 2.28. The van der Waals surface area contributed by atoms with Crippen LogP contribution in [0.1, 0.15) is 39.2 Å². The molecule has 0 aliphatic carbocycles. The molecule has 0 spiro atoms. The molecule has 0 unspecified atom stereocenters. The SMILES string of the molecule is CC(C)(C)N1CCC(Oc2cc(-c3cccc(C#N)c3)cc3ccncc23)CC1. The van der Waals surface area contributed by atoms with Gasteiger partial charge in [0.1, 0.15) is 11.9 Å². The van der Waals surface area contributed by atoms with Crippen LogP contribution in [-0.2, 0) is 0 Å². The van der Waals surface area contributed by atoms with Gasteiger partial charge in [0, 0.05) is 36.4 Å². The fourth-order valence-electron chi connectivity index (χ4n) is 4.02. The number of nitriles is 1. The van der Waals surface area contributed by atoms with Gasteiger partial charge in [0.15, 0.2) is 0 Å². The van der Waals surface area contributed by atoms with Crippen molar-refractivity contribution in [2.45, 2.75) is 45.3 Å². The minimum Gasteiger partial charge on any atom is -0.490 e. The van der Waals surface area contributed by atoms with Crippen molar-refractivity contribution in [3.8, 4) is 22.9 Å². The Morgan fingerprint density at radius 1 is 1.07 bits per heavy atom. The topological polar surface area (TPSA) is 49.1 Å². The van der Waals surface area contributed by atoms with Crippen LogP contribution < -0.4 is 4.74 Å². The lowest BCUT2D eigenvalue weighted by Crippen LogP contribution is -2.48. The molecule has 3 aromatic rings. The number of nitrogens with zero attached hydrogens (tertiary/aromatic N) is 3. The summed E-state index contributed by atoms with van der Waals surface area (Å²) in [5.41, 5.74) is 2.94. The van der Waals surface area contributed by atoms with E-state index < -0.39 is 0 Å². The van der Waals surface area contributed by atoms with Crippen LogP contribution in [-0.4, -0.2) is 34.6 Å². The van der Waals surface area contributed by atoms with Crippen LogP contribution >= 0.6 is 0 Å². The van der Waals surface area contributed by atoms with E-state index >= 15 is 0 Å². The van der Waals surface area contributed by atoms with Gasteiger partial charge in [-0.2, -0.15) is 5.26 Å². The van der Waals surface area contributed by atoms with Crippen LogP contribution in [0.5, 0.6) is 5.75 Å². The molecule has 2 heterocycles. The molecule has 1 saturated heterocycles. The van der Waals surface area contributed by atoms with Gasteiger partial charge in [-0.3, -0.25) is 9.88 Å². The summed E-state index contributed by atoms with van der Waals surface area (Å²) in [6, 6.07) is 16.2. The van der Waals surface area contributed by atoms with Crippen LogP contribution in [0.2, 0.25) is 0 Å². The minimum atomic E-state index is 0.202. The largest absolute Gasteiger partial charge is 0.490 e. The summed E-state index contributed by atoms with van der Waals surface area (Å²) in [7, 11) is 0. The lowest BCUT2D eigenvalue weighted by molar-refractivity contribution is 0.0498. The minimum absolute atomic E-state index is 0.202. The normalized spacial score (nSPS) is 15.9. The van der Waals surface area contributed by atoms with Crippen molar-refractivity contribution in [3.63, 3.8) is 0 Å². The molecule has 1 aliphatic heterocycles. The summed E-state index contributed by atoms with van der Waals surface area (Å²) in [6.45, 7) is 8.91. The quantitative estimate of drug-likeness (QED) is 0.604. The number of aromatic nitrogens is 1. The van der Waals surface area contributed by atoms with E-state index in [0.29, 0.717) is 5.56 Å². The maximum atomic E-state index is 9.24. The second-order valence-electron chi connectivity index (χ2n) is 8.74. The van der Waals surface area contributed by atoms with Crippen LogP contribution in [0.15, 0.2) is 54.9 Å². The van der Waals surface area contributed by atoms with Gasteiger partial charge >= 0.3 is 0 Å². The average Bonchev–Trinajstić information content (AvgIpc) is 2.73. The lowest BCUT2D eigenvalue weighted by atomic mass is 9.98. The third-order valence-electron chi connectivity index (χ3n) is 5.73. The van der Waals surface area contributed by atoms with E-state index in [4.69, 9.17) is 4.74 Å². The zero-order valence-electron chi connectivity index (χ0n) is 17.4. The Bertz CT molecular complexity index is 1050. The van der Waals surface area contributed by atoms with Crippen molar-refractivity contribution in [1.29, 1.82) is 5.26 Å². The molecule has 4 rings (SSSR count). The van der Waals surface area contributed by atoms with Gasteiger partial charge in [0.2, 0.25) is 0 Å². The Balaban J connectivity index is 1.64. The Kier molecular flexibility index (Phi) is 5.25. The first-order valence-electron chi connectivity index (χ1n) is 10.2. The zero-order valence-corrected chi connectivity index (χ0v) is 17.4. The molecular formula is C25H27N3O. The fourth-order valence-corrected chi connectivity index (χ4v) is 4.02. The highest BCUT2D eigenvalue weighted by atomic mass is 16.5. The molecule has 0 saturated carbocycles. The maximum Gasteiger partial charge on any atom is 0.129 e. The number of benzene rings is 2. The van der Waals surface area contributed by atoms with Crippen molar-refractivity contribution in [3.05, 3.63) is 60.4 Å². The summed E-state index contributed by atoms with van der Waals surface area (Å²) in [6.07, 6.45) is 5.94. The lowest BCUT2D eigenvalue weighted by Gasteiger charge is -2.40. The molecular weight excluding hydrogens is 358 g/mol. The smallest absolute Gasteiger partial charge is 0.129 e. The van der Waals surface area contributed by atoms with Crippen LogP contribution in [0.25, 0.3) is 21.9 Å². The molecule has 1 aliphatic rings. The first-order chi connectivity index (χ1) is 13.9. The molecule has 0 bridgehead atoms. The third kappa shape index (κ3) is 4.26. The number of fused-ring (bicyclic) bond motifs is 1. The summed E-state index contributed by atoms with van der Waals surface area (Å²) < 4.78 is 6.52. The molecule has 0 radical (unpaired) electrons. The van der Waals surface area contributed by atoms with Crippen LogP contribution in [0.3, 0.4) is 0 Å². The Labute approximate surface area is 172 Å². The predicted molar refractivity (Wildman–Crippen MR) is 117 cm³/mol. The fraction of sp³-hybridized carbons (Fsp3) is 0.360. The zero-order chi connectivity index (χ0) is 20.4. The second kappa shape index (κ2) is 7.85. The van der Waals surface area contributed by atoms with Gasteiger partial charge in [-0.05, 0) is 80.5 Å². The van der Waals surface area contributed by atoms with Crippen LogP contribution in [0, 0.1) is 11.3 Å². The van der Waals surface area contributed by atoms with Crippen molar-refractivity contribution in [2.24, 2.45) is 0 Å². The van der Waals surface area contributed by atoms with Gasteiger partial charge in [0.05, 0.1) is 11.6 Å². The number of hydrogen-bond acceptors (Lipinski definition) is 4. The highest BCUT2D eigenvalue weighted by molar-refractivity contribution is 5.92. The first kappa shape index (κ1) is 19.4. The van der Waals surface area contributed by atoms with E-state index in [1.54, 1.807) is 0 Å².